The van der Waals surface area contributed by atoms with E-state index >= 15 is 0 Å². The van der Waals surface area contributed by atoms with Gasteiger partial charge in [-0.3, -0.25) is 0 Å². The lowest BCUT2D eigenvalue weighted by atomic mass is 10.0. The van der Waals surface area contributed by atoms with E-state index < -0.39 is 57.7 Å². The summed E-state index contributed by atoms with van der Waals surface area (Å²) in [6, 6.07) is 0.665. The van der Waals surface area contributed by atoms with Crippen LogP contribution < -0.4 is 0 Å². The van der Waals surface area contributed by atoms with Gasteiger partial charge in [0.15, 0.2) is 40.7 Å². The summed E-state index contributed by atoms with van der Waals surface area (Å²) < 4.78 is 105. The van der Waals surface area contributed by atoms with Crippen LogP contribution in [0.5, 0.6) is 0 Å². The van der Waals surface area contributed by atoms with E-state index in [0.717, 1.165) is 5.92 Å². The van der Waals surface area contributed by atoms with Crippen LogP contribution in [0.4, 0.5) is 35.1 Å². The predicted molar refractivity (Wildman–Crippen MR) is 104 cm³/mol. The number of benzene rings is 2. The van der Waals surface area contributed by atoms with Crippen molar-refractivity contribution in [3.8, 4) is 11.1 Å². The molecule has 0 fully saturated rings. The minimum Gasteiger partial charge on any atom is -0.204 e. The smallest absolute Gasteiger partial charge is 0.200 e. The van der Waals surface area contributed by atoms with Crippen molar-refractivity contribution in [2.75, 3.05) is 12.3 Å². The molecule has 0 saturated carbocycles. The van der Waals surface area contributed by atoms with Gasteiger partial charge in [-0.15, -0.1) is 8.58 Å². The Balaban J connectivity index is 0.000000382. The Labute approximate surface area is 172 Å². The molecule has 0 N–H and O–H groups in total. The van der Waals surface area contributed by atoms with Gasteiger partial charge in [-0.2, -0.15) is 0 Å². The van der Waals surface area contributed by atoms with Crippen LogP contribution in [0, 0.1) is 52.5 Å². The van der Waals surface area contributed by atoms with Gasteiger partial charge >= 0.3 is 0 Å². The van der Waals surface area contributed by atoms with E-state index in [4.69, 9.17) is 0 Å². The maximum absolute atomic E-state index is 13.4. The predicted octanol–water partition coefficient (Wildman–Crippen LogP) is 7.98. The number of hydrogen-bond acceptors (Lipinski definition) is 0. The molecule has 2 rings (SSSR count). The average Bonchev–Trinajstić information content (AvgIpc) is 2.71. The summed E-state index contributed by atoms with van der Waals surface area (Å²) >= 11 is 0. The first-order valence-corrected chi connectivity index (χ1v) is 10.9. The van der Waals surface area contributed by atoms with E-state index in [-0.39, 0.29) is 0 Å². The molecule has 0 aliphatic heterocycles. The van der Waals surface area contributed by atoms with E-state index in [1.165, 1.54) is 40.2 Å². The van der Waals surface area contributed by atoms with Gasteiger partial charge in [-0.05, 0) is 30.4 Å². The topological polar surface area (TPSA) is 0 Å². The van der Waals surface area contributed by atoms with Crippen LogP contribution in [0.25, 0.3) is 11.1 Å². The van der Waals surface area contributed by atoms with Gasteiger partial charge in [0.25, 0.3) is 0 Å². The first-order valence-electron chi connectivity index (χ1n) is 9.44. The fourth-order valence-corrected chi connectivity index (χ4v) is 3.94. The second-order valence-corrected chi connectivity index (χ2v) is 8.17. The highest BCUT2D eigenvalue weighted by atomic mass is 31.1. The first-order chi connectivity index (χ1) is 14.1. The van der Waals surface area contributed by atoms with E-state index in [1.54, 1.807) is 0 Å². The second kappa shape index (κ2) is 12.2. The van der Waals surface area contributed by atoms with Crippen molar-refractivity contribution >= 4 is 8.58 Å². The van der Waals surface area contributed by atoms with Gasteiger partial charge in [-0.1, -0.05) is 40.0 Å². The molecule has 0 aliphatic carbocycles. The lowest BCUT2D eigenvalue weighted by Gasteiger charge is -2.09. The number of hydrogen-bond donors (Lipinski definition) is 0. The molecular weight excluding hydrogens is 435 g/mol. The van der Waals surface area contributed by atoms with Crippen LogP contribution in [0.15, 0.2) is 12.1 Å². The van der Waals surface area contributed by atoms with Crippen molar-refractivity contribution in [3.63, 3.8) is 0 Å². The quantitative estimate of drug-likeness (QED) is 0.130. The van der Waals surface area contributed by atoms with Gasteiger partial charge in [0, 0.05) is 5.56 Å². The third-order valence-corrected chi connectivity index (χ3v) is 6.05. The summed E-state index contributed by atoms with van der Waals surface area (Å²) in [4.78, 5) is 0. The first kappa shape index (κ1) is 26.3. The zero-order chi connectivity index (χ0) is 23.0. The van der Waals surface area contributed by atoms with Gasteiger partial charge < -0.3 is 0 Å². The third kappa shape index (κ3) is 6.40. The van der Waals surface area contributed by atoms with Crippen LogP contribution in [0.2, 0.25) is 0 Å². The standard InChI is InChI=1S/C12H2F8.C9H21P/c13-4-2-1-3(6(14)7(4)15)5-8(16)10(18)12(20)11(19)9(5)17;1-4-6-9(3)8-10-7-5-2/h1-2H;9-10H,4-8H2,1-3H3. The van der Waals surface area contributed by atoms with Crippen LogP contribution in [0.1, 0.15) is 40.0 Å². The normalized spacial score (nSPS) is 12.2. The molecule has 168 valence electrons. The lowest BCUT2D eigenvalue weighted by Crippen LogP contribution is -2.06. The summed E-state index contributed by atoms with van der Waals surface area (Å²) in [7, 11) is 1.22. The van der Waals surface area contributed by atoms with Crippen LogP contribution >= 0.6 is 8.58 Å². The molecular formula is C21H23F8P. The Bertz CT molecular complexity index is 825. The molecule has 2 unspecified atom stereocenters. The maximum atomic E-state index is 13.4. The monoisotopic (exact) mass is 458 g/mol. The fraction of sp³-hybridized carbons (Fsp3) is 0.429. The van der Waals surface area contributed by atoms with Gasteiger partial charge in [0.05, 0.1) is 5.56 Å². The molecule has 0 aliphatic rings. The van der Waals surface area contributed by atoms with E-state index in [2.05, 4.69) is 20.8 Å². The molecule has 2 aromatic rings. The largest absolute Gasteiger partial charge is 0.204 e. The second-order valence-electron chi connectivity index (χ2n) is 6.77. The summed E-state index contributed by atoms with van der Waals surface area (Å²) in [5.74, 6) is -16.6. The highest BCUT2D eigenvalue weighted by Gasteiger charge is 2.29. The molecule has 0 amide bonds. The fourth-order valence-electron chi connectivity index (χ4n) is 2.68. The Morgan fingerprint density at radius 3 is 1.73 bits per heavy atom. The van der Waals surface area contributed by atoms with Gasteiger partial charge in [0.1, 0.15) is 0 Å². The van der Waals surface area contributed by atoms with Crippen molar-refractivity contribution in [3.05, 3.63) is 58.7 Å². The third-order valence-electron chi connectivity index (χ3n) is 4.22. The minimum atomic E-state index is -2.44. The highest BCUT2D eigenvalue weighted by molar-refractivity contribution is 7.37. The van der Waals surface area contributed by atoms with Crippen molar-refractivity contribution in [1.82, 2.24) is 0 Å². The Morgan fingerprint density at radius 2 is 1.23 bits per heavy atom. The maximum Gasteiger partial charge on any atom is 0.200 e. The Morgan fingerprint density at radius 1 is 0.700 bits per heavy atom. The minimum absolute atomic E-state index is 0.297. The molecule has 2 atom stereocenters. The number of halogens is 8. The molecule has 2 aromatic carbocycles. The average molecular weight is 458 g/mol. The Kier molecular flexibility index (Phi) is 10.7. The Hall–Kier alpha value is -1.69. The molecule has 0 bridgehead atoms. The molecule has 0 heterocycles. The van der Waals surface area contributed by atoms with E-state index in [0.29, 0.717) is 12.1 Å². The zero-order valence-corrected chi connectivity index (χ0v) is 17.8. The van der Waals surface area contributed by atoms with E-state index in [1.807, 2.05) is 0 Å². The van der Waals surface area contributed by atoms with Crippen molar-refractivity contribution in [2.45, 2.75) is 40.0 Å². The van der Waals surface area contributed by atoms with Crippen LogP contribution in [-0.2, 0) is 0 Å². The lowest BCUT2D eigenvalue weighted by molar-refractivity contribution is 0.380. The summed E-state index contributed by atoms with van der Waals surface area (Å²) in [6.45, 7) is 6.93. The van der Waals surface area contributed by atoms with Crippen molar-refractivity contribution < 1.29 is 35.1 Å². The SMILES string of the molecule is CCCPCC(C)CCC.Fc1ccc(-c2c(F)c(F)c(F)c(F)c2F)c(F)c1F. The summed E-state index contributed by atoms with van der Waals surface area (Å²) in [5, 5.41) is 0. The molecule has 0 nitrogen and oxygen atoms in total. The number of rotatable bonds is 7. The van der Waals surface area contributed by atoms with E-state index in [9.17, 15) is 35.1 Å². The highest BCUT2D eigenvalue weighted by Crippen LogP contribution is 2.34. The van der Waals surface area contributed by atoms with Crippen molar-refractivity contribution in [2.24, 2.45) is 5.92 Å². The summed E-state index contributed by atoms with van der Waals surface area (Å²) in [6.07, 6.45) is 7.08. The van der Waals surface area contributed by atoms with Gasteiger partial charge in [-0.25, -0.2) is 35.1 Å². The van der Waals surface area contributed by atoms with Crippen LogP contribution in [-0.4, -0.2) is 12.3 Å². The zero-order valence-electron chi connectivity index (χ0n) is 16.8. The van der Waals surface area contributed by atoms with Gasteiger partial charge in [0.2, 0.25) is 5.82 Å². The summed E-state index contributed by atoms with van der Waals surface area (Å²) in [5.41, 5.74) is -2.95. The molecule has 30 heavy (non-hydrogen) atoms. The molecule has 9 heteroatoms. The molecule has 0 saturated heterocycles. The van der Waals surface area contributed by atoms with Crippen molar-refractivity contribution in [1.29, 1.82) is 0 Å². The molecule has 0 spiro atoms. The molecule has 0 aromatic heterocycles. The molecule has 0 radical (unpaired) electrons. The van der Waals surface area contributed by atoms with Crippen LogP contribution in [0.3, 0.4) is 0 Å².